The highest BCUT2D eigenvalue weighted by Gasteiger charge is 2.20. The standard InChI is InChI=1S/C16H15N3O5/c1-3-5-10-24-14-11-18(17-15(14)16(20)23-4-2)12-6-8-13(9-7-12)19(21)22/h6-9,11H,4,10H2,1-2H3. The van der Waals surface area contributed by atoms with Gasteiger partial charge in [0.2, 0.25) is 5.69 Å². The Morgan fingerprint density at radius 3 is 2.67 bits per heavy atom. The summed E-state index contributed by atoms with van der Waals surface area (Å²) in [6.07, 6.45) is 1.50. The van der Waals surface area contributed by atoms with Crippen LogP contribution in [-0.4, -0.2) is 33.9 Å². The fraction of sp³-hybridized carbons (Fsp3) is 0.250. The molecular weight excluding hydrogens is 314 g/mol. The molecule has 0 radical (unpaired) electrons. The molecule has 0 atom stereocenters. The molecule has 124 valence electrons. The fourth-order valence-electron chi connectivity index (χ4n) is 1.85. The van der Waals surface area contributed by atoms with Crippen LogP contribution >= 0.6 is 0 Å². The Kier molecular flexibility index (Phi) is 5.52. The molecule has 0 amide bonds. The van der Waals surface area contributed by atoms with E-state index in [9.17, 15) is 14.9 Å². The molecule has 0 aliphatic carbocycles. The first-order valence-electron chi connectivity index (χ1n) is 7.10. The van der Waals surface area contributed by atoms with Crippen molar-refractivity contribution in [1.29, 1.82) is 0 Å². The maximum atomic E-state index is 12.0. The van der Waals surface area contributed by atoms with Crippen LogP contribution in [0.2, 0.25) is 0 Å². The van der Waals surface area contributed by atoms with Gasteiger partial charge in [-0.3, -0.25) is 10.1 Å². The molecule has 0 saturated heterocycles. The van der Waals surface area contributed by atoms with Gasteiger partial charge >= 0.3 is 5.97 Å². The Morgan fingerprint density at radius 1 is 1.38 bits per heavy atom. The number of non-ortho nitro benzene ring substituents is 1. The van der Waals surface area contributed by atoms with E-state index < -0.39 is 10.9 Å². The third-order valence-electron chi connectivity index (χ3n) is 2.95. The van der Waals surface area contributed by atoms with E-state index in [0.29, 0.717) is 5.69 Å². The minimum atomic E-state index is -0.613. The molecule has 2 rings (SSSR count). The summed E-state index contributed by atoms with van der Waals surface area (Å²) in [6, 6.07) is 5.75. The molecule has 0 saturated carbocycles. The third-order valence-corrected chi connectivity index (χ3v) is 2.95. The van der Waals surface area contributed by atoms with Crippen LogP contribution in [0.4, 0.5) is 5.69 Å². The highest BCUT2D eigenvalue weighted by Crippen LogP contribution is 2.22. The molecule has 0 fully saturated rings. The molecule has 0 N–H and O–H groups in total. The molecule has 0 bridgehead atoms. The quantitative estimate of drug-likeness (QED) is 0.349. The number of rotatable bonds is 6. The lowest BCUT2D eigenvalue weighted by molar-refractivity contribution is -0.384. The van der Waals surface area contributed by atoms with Gasteiger partial charge in [-0.15, -0.1) is 5.92 Å². The predicted octanol–water partition coefficient (Wildman–Crippen LogP) is 2.36. The second-order valence-corrected chi connectivity index (χ2v) is 4.50. The van der Waals surface area contributed by atoms with Crippen molar-refractivity contribution in [2.45, 2.75) is 13.8 Å². The summed E-state index contributed by atoms with van der Waals surface area (Å²) < 4.78 is 11.8. The maximum Gasteiger partial charge on any atom is 0.362 e. The van der Waals surface area contributed by atoms with Crippen LogP contribution in [0.5, 0.6) is 5.75 Å². The number of nitro benzene ring substituents is 1. The van der Waals surface area contributed by atoms with E-state index in [2.05, 4.69) is 16.9 Å². The average molecular weight is 329 g/mol. The van der Waals surface area contributed by atoms with Gasteiger partial charge in [-0.05, 0) is 26.0 Å². The van der Waals surface area contributed by atoms with Crippen molar-refractivity contribution < 1.29 is 19.2 Å². The van der Waals surface area contributed by atoms with E-state index in [4.69, 9.17) is 9.47 Å². The van der Waals surface area contributed by atoms with Gasteiger partial charge in [-0.25, -0.2) is 9.48 Å². The van der Waals surface area contributed by atoms with Crippen LogP contribution in [0.1, 0.15) is 24.3 Å². The van der Waals surface area contributed by atoms with Gasteiger partial charge in [0.05, 0.1) is 23.4 Å². The number of carbonyl (C=O) groups excluding carboxylic acids is 1. The van der Waals surface area contributed by atoms with E-state index in [0.717, 1.165) is 0 Å². The molecule has 8 heteroatoms. The fourth-order valence-corrected chi connectivity index (χ4v) is 1.85. The van der Waals surface area contributed by atoms with Gasteiger partial charge in [0, 0.05) is 12.1 Å². The lowest BCUT2D eigenvalue weighted by Crippen LogP contribution is -2.08. The number of aromatic nitrogens is 2. The second-order valence-electron chi connectivity index (χ2n) is 4.50. The minimum Gasteiger partial charge on any atom is -0.477 e. The lowest BCUT2D eigenvalue weighted by atomic mass is 10.3. The van der Waals surface area contributed by atoms with Crippen LogP contribution < -0.4 is 4.74 Å². The lowest BCUT2D eigenvalue weighted by Gasteiger charge is -2.01. The van der Waals surface area contributed by atoms with Gasteiger partial charge < -0.3 is 9.47 Å². The number of nitro groups is 1. The molecule has 8 nitrogen and oxygen atoms in total. The summed E-state index contributed by atoms with van der Waals surface area (Å²) in [5, 5.41) is 14.9. The summed E-state index contributed by atoms with van der Waals surface area (Å²) in [5.74, 6) is 5.03. The number of carbonyl (C=O) groups is 1. The summed E-state index contributed by atoms with van der Waals surface area (Å²) in [4.78, 5) is 22.2. The second kappa shape index (κ2) is 7.78. The Bertz CT molecular complexity index is 799. The number of ether oxygens (including phenoxy) is 2. The van der Waals surface area contributed by atoms with Gasteiger partial charge in [0.25, 0.3) is 5.69 Å². The predicted molar refractivity (Wildman–Crippen MR) is 85.1 cm³/mol. The minimum absolute atomic E-state index is 0.0214. The summed E-state index contributed by atoms with van der Waals surface area (Å²) in [7, 11) is 0. The zero-order valence-electron chi connectivity index (χ0n) is 13.2. The van der Waals surface area contributed by atoms with Crippen molar-refractivity contribution in [2.24, 2.45) is 0 Å². The van der Waals surface area contributed by atoms with E-state index in [1.807, 2.05) is 0 Å². The molecule has 0 aliphatic rings. The van der Waals surface area contributed by atoms with E-state index >= 15 is 0 Å². The van der Waals surface area contributed by atoms with Gasteiger partial charge in [-0.2, -0.15) is 5.10 Å². The Labute approximate surface area is 138 Å². The summed E-state index contributed by atoms with van der Waals surface area (Å²) in [5.41, 5.74) is 0.530. The number of esters is 1. The van der Waals surface area contributed by atoms with E-state index in [1.54, 1.807) is 13.8 Å². The average Bonchev–Trinajstić information content (AvgIpc) is 3.00. The van der Waals surface area contributed by atoms with Crippen molar-refractivity contribution in [2.75, 3.05) is 13.2 Å². The van der Waals surface area contributed by atoms with E-state index in [1.165, 1.54) is 35.1 Å². The number of benzene rings is 1. The van der Waals surface area contributed by atoms with Crippen molar-refractivity contribution in [1.82, 2.24) is 9.78 Å². The highest BCUT2D eigenvalue weighted by molar-refractivity contribution is 5.90. The normalized spacial score (nSPS) is 9.75. The van der Waals surface area contributed by atoms with Crippen LogP contribution in [0.15, 0.2) is 30.5 Å². The Hall–Kier alpha value is -3.34. The molecule has 0 unspecified atom stereocenters. The van der Waals surface area contributed by atoms with Crippen molar-refractivity contribution in [3.63, 3.8) is 0 Å². The summed E-state index contributed by atoms with van der Waals surface area (Å²) in [6.45, 7) is 3.68. The first-order valence-corrected chi connectivity index (χ1v) is 7.10. The molecule has 1 aromatic heterocycles. The number of hydrogen-bond acceptors (Lipinski definition) is 6. The van der Waals surface area contributed by atoms with Crippen LogP contribution in [0.25, 0.3) is 5.69 Å². The van der Waals surface area contributed by atoms with Crippen molar-refractivity contribution in [3.05, 3.63) is 46.3 Å². The zero-order chi connectivity index (χ0) is 17.5. The molecular formula is C16H15N3O5. The molecule has 0 aliphatic heterocycles. The maximum absolute atomic E-state index is 12.0. The van der Waals surface area contributed by atoms with E-state index in [-0.39, 0.29) is 30.3 Å². The molecule has 1 heterocycles. The Morgan fingerprint density at radius 2 is 2.08 bits per heavy atom. The molecule has 24 heavy (non-hydrogen) atoms. The first kappa shape index (κ1) is 17.0. The molecule has 2 aromatic rings. The van der Waals surface area contributed by atoms with Gasteiger partial charge in [0.15, 0.2) is 5.75 Å². The largest absolute Gasteiger partial charge is 0.477 e. The first-order chi connectivity index (χ1) is 11.6. The van der Waals surface area contributed by atoms with Crippen molar-refractivity contribution >= 4 is 11.7 Å². The highest BCUT2D eigenvalue weighted by atomic mass is 16.6. The van der Waals surface area contributed by atoms with Crippen molar-refractivity contribution in [3.8, 4) is 23.3 Å². The smallest absolute Gasteiger partial charge is 0.362 e. The van der Waals surface area contributed by atoms with Crippen LogP contribution in [0.3, 0.4) is 0 Å². The van der Waals surface area contributed by atoms with Gasteiger partial charge in [-0.1, -0.05) is 5.92 Å². The van der Waals surface area contributed by atoms with Crippen LogP contribution in [0, 0.1) is 22.0 Å². The number of nitrogens with zero attached hydrogens (tertiary/aromatic N) is 3. The summed E-state index contributed by atoms with van der Waals surface area (Å²) >= 11 is 0. The molecule has 0 spiro atoms. The monoisotopic (exact) mass is 329 g/mol. The number of hydrogen-bond donors (Lipinski definition) is 0. The third kappa shape index (κ3) is 3.89. The Balaban J connectivity index is 2.35. The van der Waals surface area contributed by atoms with Gasteiger partial charge in [0.1, 0.15) is 6.61 Å². The zero-order valence-corrected chi connectivity index (χ0v) is 13.2. The topological polar surface area (TPSA) is 96.5 Å². The SMILES string of the molecule is CC#CCOc1cn(-c2ccc([N+](=O)[O-])cc2)nc1C(=O)OCC. The molecule has 1 aromatic carbocycles. The van der Waals surface area contributed by atoms with Crippen LogP contribution in [-0.2, 0) is 4.74 Å².